The predicted octanol–water partition coefficient (Wildman–Crippen LogP) is 2.10. The van der Waals surface area contributed by atoms with Gasteiger partial charge in [-0.2, -0.15) is 0 Å². The van der Waals surface area contributed by atoms with E-state index >= 15 is 0 Å². The number of rotatable bonds is 10. The first-order chi connectivity index (χ1) is 9.40. The minimum Gasteiger partial charge on any atom is -0.462 e. The highest BCUT2D eigenvalue weighted by atomic mass is 16.5. The molecular formula is C15H25NO4. The number of nitrogens with zero attached hydrogens (tertiary/aromatic N) is 1. The van der Waals surface area contributed by atoms with Gasteiger partial charge in [0, 0.05) is 18.2 Å². The molecule has 0 atom stereocenters. The Bertz CT molecular complexity index is 350. The molecule has 0 N–H and O–H groups in total. The molecule has 0 rings (SSSR count). The molecule has 0 aliphatic carbocycles. The predicted molar refractivity (Wildman–Crippen MR) is 77.2 cm³/mol. The first-order valence-electron chi connectivity index (χ1n) is 6.98. The van der Waals surface area contributed by atoms with Crippen molar-refractivity contribution in [2.24, 2.45) is 0 Å². The lowest BCUT2D eigenvalue weighted by Gasteiger charge is -2.24. The second-order valence-corrected chi connectivity index (χ2v) is 5.07. The van der Waals surface area contributed by atoms with E-state index in [-0.39, 0.29) is 12.0 Å². The molecule has 0 heterocycles. The van der Waals surface area contributed by atoms with Crippen molar-refractivity contribution in [1.82, 2.24) is 4.90 Å². The van der Waals surface area contributed by atoms with Gasteiger partial charge in [-0.25, -0.2) is 4.79 Å². The summed E-state index contributed by atoms with van der Waals surface area (Å²) in [6, 6.07) is 0.0317. The highest BCUT2D eigenvalue weighted by Crippen LogP contribution is 2.06. The van der Waals surface area contributed by atoms with Crippen LogP contribution in [0.1, 0.15) is 46.5 Å². The fourth-order valence-electron chi connectivity index (χ4n) is 1.72. The number of hydrogen-bond donors (Lipinski definition) is 0. The molecule has 0 radical (unpaired) electrons. The van der Waals surface area contributed by atoms with Crippen LogP contribution in [0.5, 0.6) is 0 Å². The van der Waals surface area contributed by atoms with Crippen LogP contribution in [0.3, 0.4) is 0 Å². The third kappa shape index (κ3) is 7.71. The van der Waals surface area contributed by atoms with Gasteiger partial charge in [0.15, 0.2) is 0 Å². The Morgan fingerprint density at radius 2 is 1.80 bits per heavy atom. The SMILES string of the molecule is C=C(C)C(=O)OCCCCCCN(C(=O)C=O)C(C)C. The van der Waals surface area contributed by atoms with Gasteiger partial charge in [-0.05, 0) is 40.0 Å². The van der Waals surface area contributed by atoms with E-state index in [9.17, 15) is 14.4 Å². The molecule has 5 nitrogen and oxygen atoms in total. The van der Waals surface area contributed by atoms with E-state index in [1.165, 1.54) is 0 Å². The van der Waals surface area contributed by atoms with E-state index < -0.39 is 5.91 Å². The summed E-state index contributed by atoms with van der Waals surface area (Å²) in [5.41, 5.74) is 0.407. The number of carbonyl (C=O) groups is 3. The molecule has 0 bridgehead atoms. The summed E-state index contributed by atoms with van der Waals surface area (Å²) in [5, 5.41) is 0. The van der Waals surface area contributed by atoms with Crippen molar-refractivity contribution in [1.29, 1.82) is 0 Å². The Labute approximate surface area is 121 Å². The second kappa shape index (κ2) is 10.2. The minimum atomic E-state index is -0.463. The van der Waals surface area contributed by atoms with Gasteiger partial charge in [-0.1, -0.05) is 13.0 Å². The molecule has 114 valence electrons. The largest absolute Gasteiger partial charge is 0.462 e. The highest BCUT2D eigenvalue weighted by Gasteiger charge is 2.14. The molecule has 0 saturated carbocycles. The number of aldehydes is 1. The lowest BCUT2D eigenvalue weighted by Crippen LogP contribution is -2.38. The summed E-state index contributed by atoms with van der Waals surface area (Å²) in [7, 11) is 0. The zero-order chi connectivity index (χ0) is 15.5. The number of hydrogen-bond acceptors (Lipinski definition) is 4. The van der Waals surface area contributed by atoms with Crippen molar-refractivity contribution in [2.75, 3.05) is 13.2 Å². The third-order valence-corrected chi connectivity index (χ3v) is 2.88. The molecule has 0 aliphatic rings. The summed E-state index contributed by atoms with van der Waals surface area (Å²) in [6.45, 7) is 9.88. The van der Waals surface area contributed by atoms with Crippen LogP contribution in [-0.4, -0.2) is 42.3 Å². The Hall–Kier alpha value is -1.65. The molecule has 0 fully saturated rings. The number of carbonyl (C=O) groups excluding carboxylic acids is 3. The average Bonchev–Trinajstić information content (AvgIpc) is 2.40. The standard InChI is InChI=1S/C15H25NO4/c1-12(2)15(19)20-10-8-6-5-7-9-16(13(3)4)14(18)11-17/h11,13H,1,5-10H2,2-4H3. The summed E-state index contributed by atoms with van der Waals surface area (Å²) in [4.78, 5) is 34.5. The van der Waals surface area contributed by atoms with Crippen LogP contribution in [0, 0.1) is 0 Å². The molecule has 0 aromatic heterocycles. The summed E-state index contributed by atoms with van der Waals surface area (Å²) in [6.07, 6.45) is 3.84. The van der Waals surface area contributed by atoms with Crippen molar-refractivity contribution in [3.8, 4) is 0 Å². The molecular weight excluding hydrogens is 258 g/mol. The van der Waals surface area contributed by atoms with E-state index in [2.05, 4.69) is 6.58 Å². The monoisotopic (exact) mass is 283 g/mol. The van der Waals surface area contributed by atoms with Crippen LogP contribution in [-0.2, 0) is 19.1 Å². The zero-order valence-corrected chi connectivity index (χ0v) is 12.7. The van der Waals surface area contributed by atoms with Gasteiger partial charge in [0.1, 0.15) is 0 Å². The summed E-state index contributed by atoms with van der Waals surface area (Å²) >= 11 is 0. The molecule has 0 spiro atoms. The number of amides is 1. The fraction of sp³-hybridized carbons (Fsp3) is 0.667. The maximum atomic E-state index is 11.4. The van der Waals surface area contributed by atoms with Gasteiger partial charge in [0.25, 0.3) is 5.91 Å². The van der Waals surface area contributed by atoms with E-state index in [4.69, 9.17) is 4.74 Å². The fourth-order valence-corrected chi connectivity index (χ4v) is 1.72. The lowest BCUT2D eigenvalue weighted by molar-refractivity contribution is -0.140. The summed E-state index contributed by atoms with van der Waals surface area (Å²) < 4.78 is 4.98. The number of ether oxygens (including phenoxy) is 1. The van der Waals surface area contributed by atoms with Crippen LogP contribution in [0.2, 0.25) is 0 Å². The van der Waals surface area contributed by atoms with Crippen molar-refractivity contribution in [2.45, 2.75) is 52.5 Å². The van der Waals surface area contributed by atoms with Crippen LogP contribution in [0.25, 0.3) is 0 Å². The molecule has 20 heavy (non-hydrogen) atoms. The van der Waals surface area contributed by atoms with Gasteiger partial charge >= 0.3 is 5.97 Å². The van der Waals surface area contributed by atoms with Gasteiger partial charge in [-0.3, -0.25) is 9.59 Å². The Morgan fingerprint density at radius 3 is 2.30 bits per heavy atom. The van der Waals surface area contributed by atoms with E-state index in [1.807, 2.05) is 13.8 Å². The van der Waals surface area contributed by atoms with Crippen LogP contribution in [0.15, 0.2) is 12.2 Å². The van der Waals surface area contributed by atoms with Crippen LogP contribution < -0.4 is 0 Å². The summed E-state index contributed by atoms with van der Waals surface area (Å²) in [5.74, 6) is -0.817. The maximum Gasteiger partial charge on any atom is 0.333 e. The Balaban J connectivity index is 3.70. The number of esters is 1. The first-order valence-corrected chi connectivity index (χ1v) is 6.98. The van der Waals surface area contributed by atoms with Crippen LogP contribution >= 0.6 is 0 Å². The molecule has 1 amide bonds. The zero-order valence-electron chi connectivity index (χ0n) is 12.7. The van der Waals surface area contributed by atoms with Crippen molar-refractivity contribution < 1.29 is 19.1 Å². The molecule has 5 heteroatoms. The lowest BCUT2D eigenvalue weighted by atomic mass is 10.2. The normalized spacial score (nSPS) is 10.2. The molecule has 0 aromatic rings. The van der Waals surface area contributed by atoms with Gasteiger partial charge in [0.2, 0.25) is 6.29 Å². The number of unbranched alkanes of at least 4 members (excludes halogenated alkanes) is 3. The quantitative estimate of drug-likeness (QED) is 0.202. The smallest absolute Gasteiger partial charge is 0.333 e. The minimum absolute atomic E-state index is 0.0317. The van der Waals surface area contributed by atoms with Gasteiger partial charge in [-0.15, -0.1) is 0 Å². The van der Waals surface area contributed by atoms with Crippen molar-refractivity contribution >= 4 is 18.2 Å². The van der Waals surface area contributed by atoms with Gasteiger partial charge in [0.05, 0.1) is 6.61 Å². The topological polar surface area (TPSA) is 63.7 Å². The maximum absolute atomic E-state index is 11.4. The second-order valence-electron chi connectivity index (χ2n) is 5.07. The van der Waals surface area contributed by atoms with E-state index in [0.29, 0.717) is 25.0 Å². The molecule has 0 aliphatic heterocycles. The van der Waals surface area contributed by atoms with Crippen molar-refractivity contribution in [3.63, 3.8) is 0 Å². The first kappa shape index (κ1) is 18.4. The van der Waals surface area contributed by atoms with Gasteiger partial charge < -0.3 is 9.64 Å². The Kier molecular flexibility index (Phi) is 9.34. The molecule has 0 aromatic carbocycles. The highest BCUT2D eigenvalue weighted by molar-refractivity contribution is 6.23. The van der Waals surface area contributed by atoms with Crippen LogP contribution in [0.4, 0.5) is 0 Å². The third-order valence-electron chi connectivity index (χ3n) is 2.88. The van der Waals surface area contributed by atoms with E-state index in [0.717, 1.165) is 25.7 Å². The average molecular weight is 283 g/mol. The molecule has 0 saturated heterocycles. The van der Waals surface area contributed by atoms with E-state index in [1.54, 1.807) is 11.8 Å². The van der Waals surface area contributed by atoms with Crippen molar-refractivity contribution in [3.05, 3.63) is 12.2 Å². The molecule has 0 unspecified atom stereocenters. The Morgan fingerprint density at radius 1 is 1.20 bits per heavy atom.